The van der Waals surface area contributed by atoms with Crippen molar-refractivity contribution < 1.29 is 9.18 Å². The Morgan fingerprint density at radius 1 is 1.10 bits per heavy atom. The molecule has 5 rings (SSSR count). The van der Waals surface area contributed by atoms with Crippen LogP contribution in [0.2, 0.25) is 0 Å². The van der Waals surface area contributed by atoms with E-state index < -0.39 is 0 Å². The zero-order valence-electron chi connectivity index (χ0n) is 24.2. The lowest BCUT2D eigenvalue weighted by atomic mass is 10.1. The fourth-order valence-corrected chi connectivity index (χ4v) is 5.91. The van der Waals surface area contributed by atoms with Crippen molar-refractivity contribution in [2.75, 3.05) is 26.7 Å². The summed E-state index contributed by atoms with van der Waals surface area (Å²) in [5, 5.41) is 7.64. The van der Waals surface area contributed by atoms with Gasteiger partial charge >= 0.3 is 0 Å². The number of nitrogens with zero attached hydrogens (tertiary/aromatic N) is 4. The zero-order valence-corrected chi connectivity index (χ0v) is 24.2. The number of imidazole rings is 1. The molecule has 1 aliphatic rings. The van der Waals surface area contributed by atoms with E-state index in [1.807, 2.05) is 42.5 Å². The fourth-order valence-electron chi connectivity index (χ4n) is 5.91. The van der Waals surface area contributed by atoms with Crippen LogP contribution in [0.4, 0.5) is 4.39 Å². The summed E-state index contributed by atoms with van der Waals surface area (Å²) in [4.78, 5) is 22.6. The summed E-state index contributed by atoms with van der Waals surface area (Å²) in [5.74, 6) is 0.510. The lowest BCUT2D eigenvalue weighted by Gasteiger charge is -2.22. The molecular formula is C33H40FN7O. The van der Waals surface area contributed by atoms with Crippen LogP contribution in [-0.4, -0.2) is 63.8 Å². The van der Waals surface area contributed by atoms with Gasteiger partial charge in [-0.3, -0.25) is 10.2 Å². The highest BCUT2D eigenvalue weighted by Crippen LogP contribution is 2.24. The maximum absolute atomic E-state index is 14.4. The van der Waals surface area contributed by atoms with E-state index in [1.54, 1.807) is 23.1 Å². The van der Waals surface area contributed by atoms with Crippen molar-refractivity contribution in [3.8, 4) is 0 Å². The van der Waals surface area contributed by atoms with Crippen molar-refractivity contribution >= 4 is 22.8 Å². The Bertz CT molecular complexity index is 1550. The number of carbonyl (C=O) groups excluding carboxylic acids is 1. The van der Waals surface area contributed by atoms with Gasteiger partial charge in [-0.2, -0.15) is 0 Å². The third-order valence-corrected chi connectivity index (χ3v) is 8.34. The molecular weight excluding hydrogens is 529 g/mol. The van der Waals surface area contributed by atoms with E-state index in [0.717, 1.165) is 54.8 Å². The van der Waals surface area contributed by atoms with Crippen molar-refractivity contribution in [1.82, 2.24) is 19.4 Å². The maximum Gasteiger partial charge on any atom is 0.254 e. The second-order valence-electron chi connectivity index (χ2n) is 11.2. The molecule has 0 aliphatic carbocycles. The van der Waals surface area contributed by atoms with E-state index in [9.17, 15) is 9.18 Å². The number of likely N-dealkylation sites (tertiary alicyclic amines) is 1. The van der Waals surface area contributed by atoms with Crippen molar-refractivity contribution in [2.24, 2.45) is 11.5 Å². The molecule has 3 aromatic carbocycles. The number of hydrogen-bond donors (Lipinski definition) is 3. The number of fused-ring (bicyclic) bond motifs is 1. The monoisotopic (exact) mass is 569 g/mol. The van der Waals surface area contributed by atoms with Crippen LogP contribution in [0, 0.1) is 11.2 Å². The molecule has 4 aromatic rings. The van der Waals surface area contributed by atoms with E-state index in [0.29, 0.717) is 29.3 Å². The first-order valence-corrected chi connectivity index (χ1v) is 14.7. The summed E-state index contributed by atoms with van der Waals surface area (Å²) in [6.07, 6.45) is 5.01. The molecule has 2 heterocycles. The van der Waals surface area contributed by atoms with Crippen molar-refractivity contribution in [3.63, 3.8) is 0 Å². The molecule has 0 spiro atoms. The average Bonchev–Trinajstić information content (AvgIpc) is 3.57. The number of hydrogen-bond acceptors (Lipinski definition) is 5. The zero-order chi connectivity index (χ0) is 29.6. The van der Waals surface area contributed by atoms with Gasteiger partial charge < -0.3 is 25.8 Å². The molecule has 42 heavy (non-hydrogen) atoms. The van der Waals surface area contributed by atoms with Gasteiger partial charge in [0.25, 0.3) is 5.91 Å². The molecule has 0 bridgehead atoms. The van der Waals surface area contributed by atoms with Crippen LogP contribution in [0.25, 0.3) is 11.0 Å². The number of benzene rings is 3. The Morgan fingerprint density at radius 3 is 2.55 bits per heavy atom. The Labute approximate surface area is 246 Å². The molecule has 9 heteroatoms. The third kappa shape index (κ3) is 6.69. The number of amidine groups is 1. The summed E-state index contributed by atoms with van der Waals surface area (Å²) in [6, 6.07) is 20.5. The van der Waals surface area contributed by atoms with Crippen LogP contribution < -0.4 is 11.5 Å². The summed E-state index contributed by atoms with van der Waals surface area (Å²) in [6.45, 7) is 2.74. The van der Waals surface area contributed by atoms with Crippen molar-refractivity contribution in [3.05, 3.63) is 101 Å². The van der Waals surface area contributed by atoms with Gasteiger partial charge in [0.1, 0.15) is 17.5 Å². The topological polar surface area (TPSA) is 117 Å². The summed E-state index contributed by atoms with van der Waals surface area (Å²) in [7, 11) is 2.20. The second kappa shape index (κ2) is 13.3. The van der Waals surface area contributed by atoms with Gasteiger partial charge in [0.15, 0.2) is 0 Å². The molecule has 1 amide bonds. The van der Waals surface area contributed by atoms with Gasteiger partial charge in [-0.05, 0) is 69.1 Å². The van der Waals surface area contributed by atoms with Crippen LogP contribution in [0.3, 0.4) is 0 Å². The standard InChI is InChI=1S/C33H40FN7O/c1-39-18-4-6-27(39)16-19-41-30-14-13-25(33(42)40(20-17-35)22-26-5-2-3-7-28(26)34)21-29(30)38-31(41)15-10-23-8-11-24(12-9-23)32(36)37/h2-3,5,7-9,11-14,21,27H,4,6,10,15-20,22,35H2,1H3,(H3,36,37). The highest BCUT2D eigenvalue weighted by Gasteiger charge is 2.23. The molecule has 1 unspecified atom stereocenters. The van der Waals surface area contributed by atoms with Gasteiger partial charge in [-0.25, -0.2) is 9.37 Å². The quantitative estimate of drug-likeness (QED) is 0.173. The minimum Gasteiger partial charge on any atom is -0.384 e. The molecule has 220 valence electrons. The van der Waals surface area contributed by atoms with Crippen LogP contribution >= 0.6 is 0 Å². The lowest BCUT2D eigenvalue weighted by molar-refractivity contribution is 0.0747. The molecule has 1 aliphatic heterocycles. The number of nitrogen functional groups attached to an aromatic ring is 1. The highest BCUT2D eigenvalue weighted by molar-refractivity contribution is 5.97. The van der Waals surface area contributed by atoms with Gasteiger partial charge in [0.2, 0.25) is 0 Å². The van der Waals surface area contributed by atoms with Crippen LogP contribution in [-0.2, 0) is 25.9 Å². The number of aromatic nitrogens is 2. The highest BCUT2D eigenvalue weighted by atomic mass is 19.1. The average molecular weight is 570 g/mol. The number of nitrogens with one attached hydrogen (secondary N) is 1. The minimum atomic E-state index is -0.338. The number of nitrogens with two attached hydrogens (primary N) is 2. The number of amides is 1. The maximum atomic E-state index is 14.4. The smallest absolute Gasteiger partial charge is 0.254 e. The summed E-state index contributed by atoms with van der Waals surface area (Å²) in [5.41, 5.74) is 16.1. The molecule has 0 radical (unpaired) electrons. The van der Waals surface area contributed by atoms with E-state index >= 15 is 0 Å². The molecule has 1 saturated heterocycles. The minimum absolute atomic E-state index is 0.0597. The van der Waals surface area contributed by atoms with Gasteiger partial charge in [0.05, 0.1) is 11.0 Å². The molecule has 1 atom stereocenters. The van der Waals surface area contributed by atoms with Crippen LogP contribution in [0.15, 0.2) is 66.7 Å². The molecule has 0 saturated carbocycles. The number of aryl methyl sites for hydroxylation is 3. The largest absolute Gasteiger partial charge is 0.384 e. The van der Waals surface area contributed by atoms with E-state index in [4.69, 9.17) is 21.9 Å². The number of carbonyl (C=O) groups is 1. The van der Waals surface area contributed by atoms with Gasteiger partial charge in [-0.1, -0.05) is 42.5 Å². The predicted molar refractivity (Wildman–Crippen MR) is 165 cm³/mol. The SMILES string of the molecule is CN1CCCC1CCn1c(CCc2ccc(C(=N)N)cc2)nc2cc(C(=O)N(CCN)Cc3ccccc3F)ccc21. The van der Waals surface area contributed by atoms with Crippen LogP contribution in [0.1, 0.15) is 52.1 Å². The second-order valence-corrected chi connectivity index (χ2v) is 11.2. The lowest BCUT2D eigenvalue weighted by Crippen LogP contribution is -2.35. The number of rotatable bonds is 12. The molecule has 1 aromatic heterocycles. The van der Waals surface area contributed by atoms with Crippen molar-refractivity contribution in [1.29, 1.82) is 5.41 Å². The number of halogens is 1. The fraction of sp³-hybridized carbons (Fsp3) is 0.364. The van der Waals surface area contributed by atoms with Gasteiger partial charge in [0, 0.05) is 55.3 Å². The normalized spacial score (nSPS) is 15.4. The van der Waals surface area contributed by atoms with E-state index in [-0.39, 0.29) is 30.6 Å². The summed E-state index contributed by atoms with van der Waals surface area (Å²) >= 11 is 0. The molecule has 8 nitrogen and oxygen atoms in total. The first kappa shape index (κ1) is 29.4. The van der Waals surface area contributed by atoms with E-state index in [1.165, 1.54) is 18.9 Å². The Kier molecular flexibility index (Phi) is 9.29. The van der Waals surface area contributed by atoms with Crippen molar-refractivity contribution in [2.45, 2.75) is 51.2 Å². The predicted octanol–water partition coefficient (Wildman–Crippen LogP) is 4.33. The molecule has 1 fully saturated rings. The Hall–Kier alpha value is -4.08. The van der Waals surface area contributed by atoms with Gasteiger partial charge in [-0.15, -0.1) is 0 Å². The first-order chi connectivity index (χ1) is 20.3. The third-order valence-electron chi connectivity index (χ3n) is 8.34. The summed E-state index contributed by atoms with van der Waals surface area (Å²) < 4.78 is 16.7. The van der Waals surface area contributed by atoms with E-state index in [2.05, 4.69) is 16.5 Å². The molecule has 5 N–H and O–H groups in total. The Morgan fingerprint density at radius 2 is 1.86 bits per heavy atom. The Balaban J connectivity index is 1.41. The first-order valence-electron chi connectivity index (χ1n) is 14.7. The van der Waals surface area contributed by atoms with Crippen LogP contribution in [0.5, 0.6) is 0 Å².